The number of carbonyl (C=O) groups excluding carboxylic acids is 1. The highest BCUT2D eigenvalue weighted by molar-refractivity contribution is 7.99. The molecule has 1 aromatic rings. The average molecular weight is 315 g/mol. The molecule has 1 aromatic carbocycles. The van der Waals surface area contributed by atoms with Gasteiger partial charge in [0.2, 0.25) is 5.91 Å². The number of nitrogens with zero attached hydrogens (tertiary/aromatic N) is 2. The minimum Gasteiger partial charge on any atom is -0.361 e. The maximum atomic E-state index is 12.4. The van der Waals surface area contributed by atoms with Crippen LogP contribution in [0.3, 0.4) is 0 Å². The number of benzene rings is 1. The largest absolute Gasteiger partial charge is 0.361 e. The first kappa shape index (κ1) is 15.2. The lowest BCUT2D eigenvalue weighted by atomic mass is 9.98. The van der Waals surface area contributed by atoms with Crippen LogP contribution in [0.5, 0.6) is 0 Å². The molecular formula is C17H21N3OS. The van der Waals surface area contributed by atoms with Crippen LogP contribution in [-0.2, 0) is 4.79 Å². The van der Waals surface area contributed by atoms with Crippen molar-refractivity contribution < 1.29 is 4.79 Å². The van der Waals surface area contributed by atoms with Crippen LogP contribution < -0.4 is 10.2 Å². The lowest BCUT2D eigenvalue weighted by molar-refractivity contribution is -0.121. The summed E-state index contributed by atoms with van der Waals surface area (Å²) in [5.41, 5.74) is 0.419. The minimum absolute atomic E-state index is 0.0577. The van der Waals surface area contributed by atoms with Gasteiger partial charge in [0.25, 0.3) is 0 Å². The van der Waals surface area contributed by atoms with Gasteiger partial charge in [0.15, 0.2) is 0 Å². The van der Waals surface area contributed by atoms with E-state index in [0.717, 1.165) is 37.2 Å². The van der Waals surface area contributed by atoms with Gasteiger partial charge in [-0.2, -0.15) is 5.26 Å². The van der Waals surface area contributed by atoms with E-state index in [1.165, 1.54) is 4.90 Å². The lowest BCUT2D eigenvalue weighted by Gasteiger charge is -2.27. The van der Waals surface area contributed by atoms with E-state index in [2.05, 4.69) is 28.4 Å². The van der Waals surface area contributed by atoms with E-state index in [4.69, 9.17) is 0 Å². The van der Waals surface area contributed by atoms with Gasteiger partial charge in [-0.25, -0.2) is 0 Å². The fourth-order valence-electron chi connectivity index (χ4n) is 2.95. The summed E-state index contributed by atoms with van der Waals surface area (Å²) in [4.78, 5) is 15.8. The van der Waals surface area contributed by atoms with Crippen molar-refractivity contribution in [2.45, 2.75) is 36.6 Å². The van der Waals surface area contributed by atoms with E-state index >= 15 is 0 Å². The van der Waals surface area contributed by atoms with Gasteiger partial charge in [0.05, 0.1) is 18.3 Å². The smallest absolute Gasteiger partial charge is 0.240 e. The number of para-hydroxylation sites is 1. The van der Waals surface area contributed by atoms with Crippen LogP contribution in [0.2, 0.25) is 0 Å². The molecule has 116 valence electrons. The Morgan fingerprint density at radius 3 is 3.00 bits per heavy atom. The van der Waals surface area contributed by atoms with Gasteiger partial charge in [-0.1, -0.05) is 12.1 Å². The van der Waals surface area contributed by atoms with E-state index in [9.17, 15) is 10.1 Å². The second-order valence-corrected chi connectivity index (χ2v) is 7.36. The topological polar surface area (TPSA) is 56.1 Å². The van der Waals surface area contributed by atoms with Gasteiger partial charge in [0.1, 0.15) is 5.54 Å². The van der Waals surface area contributed by atoms with Crippen LogP contribution in [0.15, 0.2) is 29.2 Å². The third-order valence-corrected chi connectivity index (χ3v) is 5.54. The number of anilines is 1. The van der Waals surface area contributed by atoms with Crippen molar-refractivity contribution in [3.8, 4) is 6.07 Å². The molecule has 1 aliphatic carbocycles. The van der Waals surface area contributed by atoms with Gasteiger partial charge in [-0.15, -0.1) is 11.8 Å². The molecule has 0 unspecified atom stereocenters. The molecule has 1 atom stereocenters. The molecule has 0 bridgehead atoms. The molecule has 0 radical (unpaired) electrons. The number of nitrogens with one attached hydrogen (secondary N) is 1. The van der Waals surface area contributed by atoms with Crippen LogP contribution in [-0.4, -0.2) is 30.3 Å². The Morgan fingerprint density at radius 2 is 2.27 bits per heavy atom. The van der Waals surface area contributed by atoms with Crippen LogP contribution in [0.1, 0.15) is 26.2 Å². The van der Waals surface area contributed by atoms with Gasteiger partial charge >= 0.3 is 0 Å². The number of nitriles is 1. The summed E-state index contributed by atoms with van der Waals surface area (Å²) < 4.78 is 0. The molecule has 0 spiro atoms. The zero-order valence-electron chi connectivity index (χ0n) is 12.8. The molecule has 22 heavy (non-hydrogen) atoms. The second kappa shape index (κ2) is 6.21. The number of fused-ring (bicyclic) bond motifs is 1. The Morgan fingerprint density at radius 1 is 1.50 bits per heavy atom. The number of rotatable bonds is 4. The first-order chi connectivity index (χ1) is 10.6. The molecular weight excluding hydrogens is 294 g/mol. The molecule has 1 N–H and O–H groups in total. The molecule has 1 aliphatic heterocycles. The molecule has 5 heteroatoms. The number of thioether (sulfide) groups is 1. The Bertz CT molecular complexity index is 608. The highest BCUT2D eigenvalue weighted by atomic mass is 32.2. The zero-order chi connectivity index (χ0) is 15.6. The number of amides is 1. The average Bonchev–Trinajstić information content (AvgIpc) is 3.35. The van der Waals surface area contributed by atoms with Gasteiger partial charge < -0.3 is 10.2 Å². The van der Waals surface area contributed by atoms with Crippen molar-refractivity contribution >= 4 is 23.4 Å². The molecule has 0 saturated heterocycles. The van der Waals surface area contributed by atoms with Crippen molar-refractivity contribution in [3.05, 3.63) is 24.3 Å². The molecule has 2 aliphatic rings. The van der Waals surface area contributed by atoms with Crippen molar-refractivity contribution in [1.29, 1.82) is 5.26 Å². The van der Waals surface area contributed by atoms with Gasteiger partial charge in [0, 0.05) is 11.4 Å². The van der Waals surface area contributed by atoms with Crippen molar-refractivity contribution in [3.63, 3.8) is 0 Å². The van der Waals surface area contributed by atoms with E-state index in [-0.39, 0.29) is 5.91 Å². The van der Waals surface area contributed by atoms with E-state index in [1.54, 1.807) is 0 Å². The highest BCUT2D eigenvalue weighted by Gasteiger charge is 2.43. The third-order valence-electron chi connectivity index (χ3n) is 4.40. The molecule has 3 rings (SSSR count). The summed E-state index contributed by atoms with van der Waals surface area (Å²) in [6.45, 7) is 3.04. The standard InChI is InChI=1S/C17H21N3OS/c1-17(12-18,13-7-8-13)19-16(21)11-20-9-4-10-22-15-6-3-2-5-14(15)20/h2-3,5-6,13H,4,7-11H2,1H3,(H,19,21)/t17-/m1/s1. The van der Waals surface area contributed by atoms with Crippen LogP contribution in [0.25, 0.3) is 0 Å². The van der Waals surface area contributed by atoms with E-state index in [0.29, 0.717) is 12.5 Å². The van der Waals surface area contributed by atoms with Crippen molar-refractivity contribution in [2.75, 3.05) is 23.7 Å². The summed E-state index contributed by atoms with van der Waals surface area (Å²) in [6, 6.07) is 10.5. The quantitative estimate of drug-likeness (QED) is 0.928. The molecule has 4 nitrogen and oxygen atoms in total. The second-order valence-electron chi connectivity index (χ2n) is 6.23. The summed E-state index contributed by atoms with van der Waals surface area (Å²) in [6.07, 6.45) is 3.13. The Hall–Kier alpha value is -1.67. The summed E-state index contributed by atoms with van der Waals surface area (Å²) in [7, 11) is 0. The van der Waals surface area contributed by atoms with Crippen molar-refractivity contribution in [2.24, 2.45) is 5.92 Å². The van der Waals surface area contributed by atoms with Crippen LogP contribution in [0.4, 0.5) is 5.69 Å². The third kappa shape index (κ3) is 3.22. The maximum Gasteiger partial charge on any atom is 0.240 e. The first-order valence-electron chi connectivity index (χ1n) is 7.81. The SMILES string of the molecule is C[C@](C#N)(NC(=O)CN1CCCSc2ccccc21)C1CC1. The number of hydrogen-bond acceptors (Lipinski definition) is 4. The minimum atomic E-state index is -0.711. The summed E-state index contributed by atoms with van der Waals surface area (Å²) in [5.74, 6) is 1.33. The van der Waals surface area contributed by atoms with Gasteiger partial charge in [-0.05, 0) is 50.0 Å². The lowest BCUT2D eigenvalue weighted by Crippen LogP contribution is -2.50. The molecule has 1 saturated carbocycles. The molecule has 1 fully saturated rings. The predicted molar refractivity (Wildman–Crippen MR) is 88.9 cm³/mol. The fourth-order valence-corrected chi connectivity index (χ4v) is 3.96. The van der Waals surface area contributed by atoms with Crippen molar-refractivity contribution in [1.82, 2.24) is 5.32 Å². The first-order valence-corrected chi connectivity index (χ1v) is 8.80. The summed E-state index contributed by atoms with van der Waals surface area (Å²) in [5, 5.41) is 12.3. The Balaban J connectivity index is 1.70. The Labute approximate surface area is 135 Å². The molecule has 1 amide bonds. The normalized spacial score (nSPS) is 20.3. The zero-order valence-corrected chi connectivity index (χ0v) is 13.7. The van der Waals surface area contributed by atoms with Gasteiger partial charge in [-0.3, -0.25) is 4.79 Å². The van der Waals surface area contributed by atoms with Crippen LogP contribution >= 0.6 is 11.8 Å². The summed E-state index contributed by atoms with van der Waals surface area (Å²) >= 11 is 1.85. The monoisotopic (exact) mass is 315 g/mol. The molecule has 0 aromatic heterocycles. The number of hydrogen-bond donors (Lipinski definition) is 1. The highest BCUT2D eigenvalue weighted by Crippen LogP contribution is 2.39. The van der Waals surface area contributed by atoms with E-state index in [1.807, 2.05) is 30.8 Å². The molecule has 1 heterocycles. The van der Waals surface area contributed by atoms with Crippen LogP contribution in [0, 0.1) is 17.2 Å². The number of carbonyl (C=O) groups is 1. The van der Waals surface area contributed by atoms with E-state index < -0.39 is 5.54 Å². The fraction of sp³-hybridized carbons (Fsp3) is 0.529. The maximum absolute atomic E-state index is 12.4. The Kier molecular flexibility index (Phi) is 4.30. The predicted octanol–water partition coefficient (Wildman–Crippen LogP) is 2.80.